The third-order valence-electron chi connectivity index (χ3n) is 3.17. The Bertz CT molecular complexity index is 846. The number of nitrogens with zero attached hydrogens (tertiary/aromatic N) is 3. The molecule has 142 valence electrons. The molecule has 0 unspecified atom stereocenters. The number of hydrogen-bond donors (Lipinski definition) is 0. The Hall–Kier alpha value is -2.09. The zero-order valence-corrected chi connectivity index (χ0v) is 17.7. The van der Waals surface area contributed by atoms with Gasteiger partial charge >= 0.3 is 12.2 Å². The van der Waals surface area contributed by atoms with Crippen molar-refractivity contribution in [2.45, 2.75) is 52.7 Å². The maximum atomic E-state index is 12.5. The summed E-state index contributed by atoms with van der Waals surface area (Å²) in [5, 5.41) is 4.94. The van der Waals surface area contributed by atoms with E-state index in [1.807, 2.05) is 0 Å². The molecule has 0 aliphatic rings. The summed E-state index contributed by atoms with van der Waals surface area (Å²) < 4.78 is 12.8. The summed E-state index contributed by atoms with van der Waals surface area (Å²) in [6.45, 7) is 10.7. The fourth-order valence-corrected chi connectivity index (χ4v) is 2.54. The van der Waals surface area contributed by atoms with Gasteiger partial charge in [0.25, 0.3) is 0 Å². The normalized spacial score (nSPS) is 12.2. The molecule has 0 spiro atoms. The first-order valence-corrected chi connectivity index (χ1v) is 8.96. The summed E-state index contributed by atoms with van der Waals surface area (Å²) in [6.07, 6.45) is -1.18. The van der Waals surface area contributed by atoms with Crippen LogP contribution in [0.2, 0.25) is 0 Å². The molecule has 0 fully saturated rings. The van der Waals surface area contributed by atoms with Gasteiger partial charge in [0.2, 0.25) is 0 Å². The number of carbonyl (C=O) groups excluding carboxylic acids is 2. The van der Waals surface area contributed by atoms with Gasteiger partial charge in [0.15, 0.2) is 5.82 Å². The van der Waals surface area contributed by atoms with Crippen molar-refractivity contribution in [2.75, 3.05) is 11.9 Å². The van der Waals surface area contributed by atoms with Crippen LogP contribution in [0.25, 0.3) is 10.9 Å². The highest BCUT2D eigenvalue weighted by Crippen LogP contribution is 2.30. The third kappa shape index (κ3) is 4.75. The van der Waals surface area contributed by atoms with Crippen LogP contribution in [0.1, 0.15) is 41.5 Å². The van der Waals surface area contributed by atoms with Gasteiger partial charge in [-0.2, -0.15) is 4.68 Å². The zero-order valence-electron chi connectivity index (χ0n) is 16.1. The number of benzene rings is 1. The van der Waals surface area contributed by atoms with Gasteiger partial charge < -0.3 is 9.47 Å². The fraction of sp³-hybridized carbons (Fsp3) is 0.500. The average Bonchev–Trinajstić information content (AvgIpc) is 2.81. The van der Waals surface area contributed by atoms with Gasteiger partial charge in [-0.3, -0.25) is 4.90 Å². The van der Waals surface area contributed by atoms with Gasteiger partial charge in [-0.1, -0.05) is 15.9 Å². The Labute approximate surface area is 161 Å². The van der Waals surface area contributed by atoms with Crippen molar-refractivity contribution < 1.29 is 19.1 Å². The van der Waals surface area contributed by atoms with Crippen molar-refractivity contribution in [3.63, 3.8) is 0 Å². The molecule has 0 radical (unpaired) electrons. The molecule has 2 rings (SSSR count). The second-order valence-electron chi connectivity index (χ2n) is 7.92. The average molecular weight is 426 g/mol. The summed E-state index contributed by atoms with van der Waals surface area (Å²) in [4.78, 5) is 26.2. The number of rotatable bonds is 1. The van der Waals surface area contributed by atoms with E-state index in [0.29, 0.717) is 16.7 Å². The lowest BCUT2D eigenvalue weighted by molar-refractivity contribution is 0.0516. The Balaban J connectivity index is 2.51. The highest BCUT2D eigenvalue weighted by Gasteiger charge is 2.27. The summed E-state index contributed by atoms with van der Waals surface area (Å²) in [6, 6.07) is 5.32. The van der Waals surface area contributed by atoms with Crippen LogP contribution in [0.15, 0.2) is 22.7 Å². The summed E-state index contributed by atoms with van der Waals surface area (Å²) in [5.41, 5.74) is -0.773. The highest BCUT2D eigenvalue weighted by molar-refractivity contribution is 9.10. The Morgan fingerprint density at radius 1 is 1.08 bits per heavy atom. The SMILES string of the molecule is CN(C(=O)OC(C)(C)C)c1nn(C(=O)OC(C)(C)C)c2ccc(Br)cc12. The zero-order chi connectivity index (χ0) is 19.9. The minimum atomic E-state index is -0.665. The van der Waals surface area contributed by atoms with E-state index in [9.17, 15) is 9.59 Å². The smallest absolute Gasteiger partial charge is 0.435 e. The first kappa shape index (κ1) is 20.2. The molecule has 0 saturated heterocycles. The molecule has 1 aromatic carbocycles. The number of carbonyl (C=O) groups is 2. The number of halogens is 1. The molecule has 0 bridgehead atoms. The highest BCUT2D eigenvalue weighted by atomic mass is 79.9. The Morgan fingerprint density at radius 3 is 2.19 bits per heavy atom. The number of amides is 1. The molecular weight excluding hydrogens is 402 g/mol. The predicted octanol–water partition coefficient (Wildman–Crippen LogP) is 4.95. The van der Waals surface area contributed by atoms with Gasteiger partial charge in [0.1, 0.15) is 11.2 Å². The molecule has 0 atom stereocenters. The molecule has 7 nitrogen and oxygen atoms in total. The molecule has 1 aromatic heterocycles. The van der Waals surface area contributed by atoms with E-state index in [1.54, 1.807) is 66.8 Å². The summed E-state index contributed by atoms with van der Waals surface area (Å²) in [5.74, 6) is 0.307. The van der Waals surface area contributed by atoms with Crippen LogP contribution in [0.4, 0.5) is 15.4 Å². The lowest BCUT2D eigenvalue weighted by atomic mass is 10.2. The molecule has 0 aliphatic heterocycles. The van der Waals surface area contributed by atoms with Crippen LogP contribution >= 0.6 is 15.9 Å². The van der Waals surface area contributed by atoms with Gasteiger partial charge in [-0.25, -0.2) is 9.59 Å². The van der Waals surface area contributed by atoms with Crippen LogP contribution in [-0.2, 0) is 9.47 Å². The summed E-state index contributed by atoms with van der Waals surface area (Å²) in [7, 11) is 1.55. The van der Waals surface area contributed by atoms with Crippen LogP contribution in [0.5, 0.6) is 0 Å². The van der Waals surface area contributed by atoms with E-state index in [1.165, 1.54) is 4.90 Å². The monoisotopic (exact) mass is 425 g/mol. The molecule has 0 N–H and O–H groups in total. The van der Waals surface area contributed by atoms with E-state index in [4.69, 9.17) is 9.47 Å². The molecule has 8 heteroatoms. The fourth-order valence-electron chi connectivity index (χ4n) is 2.18. The van der Waals surface area contributed by atoms with Crippen molar-refractivity contribution >= 4 is 44.8 Å². The minimum absolute atomic E-state index is 0.307. The maximum Gasteiger partial charge on any atom is 0.435 e. The first-order valence-electron chi connectivity index (χ1n) is 8.17. The number of ether oxygens (including phenoxy) is 2. The van der Waals surface area contributed by atoms with Gasteiger partial charge in [0.05, 0.1) is 5.52 Å². The van der Waals surface area contributed by atoms with E-state index < -0.39 is 23.4 Å². The summed E-state index contributed by atoms with van der Waals surface area (Å²) >= 11 is 3.41. The third-order valence-corrected chi connectivity index (χ3v) is 3.67. The van der Waals surface area contributed by atoms with E-state index in [0.717, 1.165) is 9.15 Å². The number of anilines is 1. The number of fused-ring (bicyclic) bond motifs is 1. The van der Waals surface area contributed by atoms with Crippen LogP contribution in [0, 0.1) is 0 Å². The molecule has 1 heterocycles. The van der Waals surface area contributed by atoms with Gasteiger partial charge in [0, 0.05) is 16.9 Å². The molecule has 1 amide bonds. The lowest BCUT2D eigenvalue weighted by Gasteiger charge is -2.23. The van der Waals surface area contributed by atoms with Crippen molar-refractivity contribution in [3.05, 3.63) is 22.7 Å². The van der Waals surface area contributed by atoms with Crippen molar-refractivity contribution in [3.8, 4) is 0 Å². The van der Waals surface area contributed by atoms with Crippen molar-refractivity contribution in [1.29, 1.82) is 0 Å². The minimum Gasteiger partial charge on any atom is -0.443 e. The van der Waals surface area contributed by atoms with Crippen molar-refractivity contribution in [1.82, 2.24) is 9.78 Å². The van der Waals surface area contributed by atoms with Gasteiger partial charge in [-0.15, -0.1) is 5.10 Å². The quantitative estimate of drug-likeness (QED) is 0.645. The Morgan fingerprint density at radius 2 is 1.65 bits per heavy atom. The van der Waals surface area contributed by atoms with Crippen LogP contribution in [-0.4, -0.2) is 40.2 Å². The molecule has 26 heavy (non-hydrogen) atoms. The molecule has 2 aromatic rings. The van der Waals surface area contributed by atoms with Crippen LogP contribution < -0.4 is 4.90 Å². The molecule has 0 aliphatic carbocycles. The molecular formula is C18H24BrN3O4. The predicted molar refractivity (Wildman–Crippen MR) is 104 cm³/mol. The van der Waals surface area contributed by atoms with Crippen molar-refractivity contribution in [2.24, 2.45) is 0 Å². The standard InChI is InChI=1S/C18H24BrN3O4/c1-17(2,3)25-15(23)21(7)14-12-10-11(19)8-9-13(12)22(20-14)16(24)26-18(4,5)6/h8-10H,1-7H3. The van der Waals surface area contributed by atoms with Crippen LogP contribution in [0.3, 0.4) is 0 Å². The lowest BCUT2D eigenvalue weighted by Crippen LogP contribution is -2.34. The maximum absolute atomic E-state index is 12.5. The van der Waals surface area contributed by atoms with E-state index >= 15 is 0 Å². The topological polar surface area (TPSA) is 73.7 Å². The van der Waals surface area contributed by atoms with Gasteiger partial charge in [-0.05, 0) is 59.7 Å². The number of hydrogen-bond acceptors (Lipinski definition) is 5. The Kier molecular flexibility index (Phi) is 5.37. The second kappa shape index (κ2) is 6.90. The van der Waals surface area contributed by atoms with E-state index in [2.05, 4.69) is 21.0 Å². The molecule has 0 saturated carbocycles. The first-order chi connectivity index (χ1) is 11.8. The second-order valence-corrected chi connectivity index (χ2v) is 8.83. The number of aromatic nitrogens is 2. The van der Waals surface area contributed by atoms with E-state index in [-0.39, 0.29) is 0 Å². The largest absolute Gasteiger partial charge is 0.443 e.